The Morgan fingerprint density at radius 1 is 1.11 bits per heavy atom. The zero-order valence-corrected chi connectivity index (χ0v) is 12.2. The maximum Gasteiger partial charge on any atom is 0.302 e. The van der Waals surface area contributed by atoms with Crippen LogP contribution in [0.15, 0.2) is 29.2 Å². The standard InChI is InChI=1S/C13H18O5S/c1-9-5-7-13(8-6-9)19(15,16)18-11(3)10(2)17-12(4)14/h5-8,10-11H,1-4H3/t10-,11+/m1/s1. The van der Waals surface area contributed by atoms with Crippen molar-refractivity contribution in [2.24, 2.45) is 0 Å². The van der Waals surface area contributed by atoms with E-state index in [9.17, 15) is 13.2 Å². The smallest absolute Gasteiger partial charge is 0.302 e. The highest BCUT2D eigenvalue weighted by Crippen LogP contribution is 2.17. The van der Waals surface area contributed by atoms with E-state index in [4.69, 9.17) is 8.92 Å². The number of hydrogen-bond donors (Lipinski definition) is 0. The maximum atomic E-state index is 12.0. The summed E-state index contributed by atoms with van der Waals surface area (Å²) in [5.41, 5.74) is 0.959. The van der Waals surface area contributed by atoms with Crippen LogP contribution in [0.25, 0.3) is 0 Å². The Morgan fingerprint density at radius 3 is 2.11 bits per heavy atom. The van der Waals surface area contributed by atoms with Gasteiger partial charge in [-0.3, -0.25) is 8.98 Å². The Hall–Kier alpha value is -1.40. The molecule has 2 atom stereocenters. The van der Waals surface area contributed by atoms with Crippen LogP contribution in [0.5, 0.6) is 0 Å². The second kappa shape index (κ2) is 6.16. The fourth-order valence-corrected chi connectivity index (χ4v) is 2.53. The molecule has 106 valence electrons. The fourth-order valence-electron chi connectivity index (χ4n) is 1.40. The van der Waals surface area contributed by atoms with Crippen LogP contribution in [-0.4, -0.2) is 26.6 Å². The molecular weight excluding hydrogens is 268 g/mol. The maximum absolute atomic E-state index is 12.0. The van der Waals surface area contributed by atoms with E-state index in [1.54, 1.807) is 26.0 Å². The van der Waals surface area contributed by atoms with Gasteiger partial charge in [0.15, 0.2) is 0 Å². The van der Waals surface area contributed by atoms with Gasteiger partial charge in [0.25, 0.3) is 10.1 Å². The monoisotopic (exact) mass is 286 g/mol. The fraction of sp³-hybridized carbons (Fsp3) is 0.462. The molecule has 1 aromatic carbocycles. The van der Waals surface area contributed by atoms with Gasteiger partial charge in [0, 0.05) is 6.92 Å². The minimum Gasteiger partial charge on any atom is -0.460 e. The molecule has 0 amide bonds. The summed E-state index contributed by atoms with van der Waals surface area (Å²) in [6.07, 6.45) is -1.40. The van der Waals surface area contributed by atoms with E-state index in [2.05, 4.69) is 0 Å². The molecule has 19 heavy (non-hydrogen) atoms. The summed E-state index contributed by atoms with van der Waals surface area (Å²) in [5.74, 6) is -0.476. The molecule has 1 rings (SSSR count). The number of benzene rings is 1. The summed E-state index contributed by atoms with van der Waals surface area (Å²) in [6.45, 7) is 6.25. The number of hydrogen-bond acceptors (Lipinski definition) is 5. The van der Waals surface area contributed by atoms with Gasteiger partial charge in [-0.15, -0.1) is 0 Å². The van der Waals surface area contributed by atoms with Crippen molar-refractivity contribution in [1.82, 2.24) is 0 Å². The minimum absolute atomic E-state index is 0.0833. The number of ether oxygens (including phenoxy) is 1. The van der Waals surface area contributed by atoms with Crippen molar-refractivity contribution in [3.05, 3.63) is 29.8 Å². The molecule has 0 aliphatic rings. The number of carbonyl (C=O) groups is 1. The summed E-state index contributed by atoms with van der Waals surface area (Å²) < 4.78 is 33.9. The molecule has 0 radical (unpaired) electrons. The highest BCUT2D eigenvalue weighted by Gasteiger charge is 2.24. The van der Waals surface area contributed by atoms with Crippen LogP contribution in [0, 0.1) is 6.92 Å². The summed E-state index contributed by atoms with van der Waals surface area (Å²) in [5, 5.41) is 0. The Labute approximate surface area is 113 Å². The highest BCUT2D eigenvalue weighted by atomic mass is 32.2. The van der Waals surface area contributed by atoms with E-state index >= 15 is 0 Å². The van der Waals surface area contributed by atoms with Crippen LogP contribution in [0.1, 0.15) is 26.3 Å². The molecular formula is C13H18O5S. The molecule has 0 heterocycles. The molecule has 0 saturated heterocycles. The van der Waals surface area contributed by atoms with E-state index in [1.807, 2.05) is 6.92 Å². The zero-order valence-electron chi connectivity index (χ0n) is 11.4. The molecule has 0 aromatic heterocycles. The quantitative estimate of drug-likeness (QED) is 0.612. The predicted molar refractivity (Wildman–Crippen MR) is 70.1 cm³/mol. The summed E-state index contributed by atoms with van der Waals surface area (Å²) in [4.78, 5) is 10.9. The molecule has 0 unspecified atom stereocenters. The SMILES string of the molecule is CC(=O)O[C@H](C)[C@H](C)OS(=O)(=O)c1ccc(C)cc1. The van der Waals surface area contributed by atoms with Crippen molar-refractivity contribution in [3.63, 3.8) is 0 Å². The molecule has 5 nitrogen and oxygen atoms in total. The second-order valence-electron chi connectivity index (χ2n) is 4.38. The van der Waals surface area contributed by atoms with Gasteiger partial charge in [0.2, 0.25) is 0 Å². The van der Waals surface area contributed by atoms with Gasteiger partial charge in [-0.2, -0.15) is 8.42 Å². The first kappa shape index (κ1) is 15.7. The highest BCUT2D eigenvalue weighted by molar-refractivity contribution is 7.86. The topological polar surface area (TPSA) is 69.7 Å². The largest absolute Gasteiger partial charge is 0.460 e. The van der Waals surface area contributed by atoms with Gasteiger partial charge in [0.05, 0.1) is 4.90 Å². The lowest BCUT2D eigenvalue weighted by Crippen LogP contribution is -2.30. The van der Waals surface area contributed by atoms with Crippen LogP contribution in [0.2, 0.25) is 0 Å². The Bertz CT molecular complexity index is 533. The molecule has 0 aliphatic carbocycles. The molecule has 6 heteroatoms. The van der Waals surface area contributed by atoms with E-state index in [1.165, 1.54) is 19.1 Å². The normalized spacial score (nSPS) is 14.7. The first-order chi connectivity index (χ1) is 8.72. The van der Waals surface area contributed by atoms with E-state index in [-0.39, 0.29) is 4.90 Å². The average Bonchev–Trinajstić information content (AvgIpc) is 2.27. The third-order valence-corrected chi connectivity index (χ3v) is 4.01. The van der Waals surface area contributed by atoms with Crippen molar-refractivity contribution in [2.45, 2.75) is 44.8 Å². The lowest BCUT2D eigenvalue weighted by Gasteiger charge is -2.19. The van der Waals surface area contributed by atoms with Gasteiger partial charge in [-0.1, -0.05) is 17.7 Å². The Morgan fingerprint density at radius 2 is 1.63 bits per heavy atom. The lowest BCUT2D eigenvalue weighted by molar-refractivity contribution is -0.149. The van der Waals surface area contributed by atoms with Crippen molar-refractivity contribution in [1.29, 1.82) is 0 Å². The minimum atomic E-state index is -3.85. The van der Waals surface area contributed by atoms with Crippen LogP contribution in [-0.2, 0) is 23.8 Å². The zero-order chi connectivity index (χ0) is 14.6. The van der Waals surface area contributed by atoms with Crippen molar-refractivity contribution < 1.29 is 22.1 Å². The van der Waals surface area contributed by atoms with Crippen molar-refractivity contribution in [2.75, 3.05) is 0 Å². The predicted octanol–water partition coefficient (Wildman–Crippen LogP) is 2.04. The van der Waals surface area contributed by atoms with Gasteiger partial charge < -0.3 is 4.74 Å². The Balaban J connectivity index is 2.79. The van der Waals surface area contributed by atoms with Gasteiger partial charge >= 0.3 is 5.97 Å². The van der Waals surface area contributed by atoms with E-state index in [0.29, 0.717) is 0 Å². The summed E-state index contributed by atoms with van der Waals surface area (Å²) in [6, 6.07) is 6.34. The van der Waals surface area contributed by atoms with Crippen LogP contribution in [0.4, 0.5) is 0 Å². The molecule has 0 bridgehead atoms. The second-order valence-corrected chi connectivity index (χ2v) is 5.96. The van der Waals surface area contributed by atoms with Crippen molar-refractivity contribution >= 4 is 16.1 Å². The molecule has 0 saturated carbocycles. The third kappa shape index (κ3) is 4.65. The molecule has 0 fully saturated rings. The number of rotatable bonds is 5. The van der Waals surface area contributed by atoms with E-state index in [0.717, 1.165) is 5.56 Å². The first-order valence-electron chi connectivity index (χ1n) is 5.89. The van der Waals surface area contributed by atoms with Crippen LogP contribution < -0.4 is 0 Å². The van der Waals surface area contributed by atoms with Gasteiger partial charge in [-0.05, 0) is 32.9 Å². The number of carbonyl (C=O) groups excluding carboxylic acids is 1. The Kier molecular flexibility index (Phi) is 5.08. The van der Waals surface area contributed by atoms with Gasteiger partial charge in [-0.25, -0.2) is 0 Å². The molecule has 0 N–H and O–H groups in total. The number of aryl methyl sites for hydroxylation is 1. The summed E-state index contributed by atoms with van der Waals surface area (Å²) in [7, 11) is -3.85. The van der Waals surface area contributed by atoms with Crippen LogP contribution >= 0.6 is 0 Å². The van der Waals surface area contributed by atoms with Crippen LogP contribution in [0.3, 0.4) is 0 Å². The number of esters is 1. The lowest BCUT2D eigenvalue weighted by atomic mass is 10.2. The summed E-state index contributed by atoms with van der Waals surface area (Å²) >= 11 is 0. The molecule has 0 spiro atoms. The third-order valence-electron chi connectivity index (χ3n) is 2.60. The van der Waals surface area contributed by atoms with Gasteiger partial charge in [0.1, 0.15) is 12.2 Å². The average molecular weight is 286 g/mol. The van der Waals surface area contributed by atoms with E-state index < -0.39 is 28.3 Å². The molecule has 1 aromatic rings. The first-order valence-corrected chi connectivity index (χ1v) is 7.30. The van der Waals surface area contributed by atoms with Crippen molar-refractivity contribution in [3.8, 4) is 0 Å². The molecule has 0 aliphatic heterocycles.